The van der Waals surface area contributed by atoms with Gasteiger partial charge in [0.2, 0.25) is 5.91 Å². The summed E-state index contributed by atoms with van der Waals surface area (Å²) in [5, 5.41) is 4.83. The summed E-state index contributed by atoms with van der Waals surface area (Å²) < 4.78 is 27.5. The number of carbonyl (C=O) groups is 1. The van der Waals surface area contributed by atoms with Gasteiger partial charge in [0.15, 0.2) is 0 Å². The third kappa shape index (κ3) is 3.66. The molecule has 4 rings (SSSR count). The number of thiophene rings is 1. The lowest BCUT2D eigenvalue weighted by atomic mass is 10.1. The molecule has 0 saturated carbocycles. The number of amides is 1. The molecule has 4 aromatic rings. The predicted octanol–water partition coefficient (Wildman–Crippen LogP) is 4.60. The number of anilines is 1. The van der Waals surface area contributed by atoms with E-state index in [-0.39, 0.29) is 11.4 Å². The van der Waals surface area contributed by atoms with E-state index in [2.05, 4.69) is 10.3 Å². The molecule has 5 nitrogen and oxygen atoms in total. The zero-order valence-corrected chi connectivity index (χ0v) is 16.0. The number of carbonyl (C=O) groups excluding carboxylic acids is 1. The van der Waals surface area contributed by atoms with Crippen molar-refractivity contribution in [3.05, 3.63) is 82.2 Å². The first-order valence-electron chi connectivity index (χ1n) is 8.75. The van der Waals surface area contributed by atoms with Crippen molar-refractivity contribution in [1.82, 2.24) is 9.55 Å². The van der Waals surface area contributed by atoms with Crippen molar-refractivity contribution in [1.29, 1.82) is 0 Å². The second-order valence-corrected chi connectivity index (χ2v) is 7.32. The Hall–Kier alpha value is -3.39. The number of hydrogen-bond donors (Lipinski definition) is 1. The van der Waals surface area contributed by atoms with Gasteiger partial charge in [0.05, 0.1) is 11.7 Å². The number of fused-ring (bicyclic) bond motifs is 1. The Morgan fingerprint density at radius 2 is 1.69 bits per heavy atom. The highest BCUT2D eigenvalue weighted by molar-refractivity contribution is 7.17. The standard InChI is InChI=1S/C21H15F2N3O2S/c1-12(19(27)25-16-8-6-15(23)7-9-16)26-11-24-20-18(21(26)28)17(10-29-20)13-2-4-14(22)5-3-13/h2-12H,1H3,(H,25,27). The summed E-state index contributed by atoms with van der Waals surface area (Å²) in [6.07, 6.45) is 1.34. The maximum absolute atomic E-state index is 13.2. The number of nitrogens with zero attached hydrogens (tertiary/aromatic N) is 2. The number of halogens is 2. The van der Waals surface area contributed by atoms with Crippen LogP contribution >= 0.6 is 11.3 Å². The van der Waals surface area contributed by atoms with Crippen molar-refractivity contribution in [3.8, 4) is 11.1 Å². The Bertz CT molecular complexity index is 1250. The lowest BCUT2D eigenvalue weighted by molar-refractivity contribution is -0.118. The van der Waals surface area contributed by atoms with E-state index in [9.17, 15) is 18.4 Å². The molecule has 0 aliphatic heterocycles. The first kappa shape index (κ1) is 18.9. The molecule has 1 N–H and O–H groups in total. The number of benzene rings is 2. The second kappa shape index (κ2) is 7.56. The highest BCUT2D eigenvalue weighted by Gasteiger charge is 2.20. The van der Waals surface area contributed by atoms with Crippen LogP contribution < -0.4 is 10.9 Å². The van der Waals surface area contributed by atoms with Crippen LogP contribution in [-0.2, 0) is 4.79 Å². The Labute approximate surface area is 168 Å². The molecule has 0 spiro atoms. The van der Waals surface area contributed by atoms with Gasteiger partial charge in [0.1, 0.15) is 22.5 Å². The molecule has 146 valence electrons. The second-order valence-electron chi connectivity index (χ2n) is 6.47. The van der Waals surface area contributed by atoms with E-state index >= 15 is 0 Å². The fraction of sp³-hybridized carbons (Fsp3) is 0.0952. The van der Waals surface area contributed by atoms with Crippen molar-refractivity contribution in [2.45, 2.75) is 13.0 Å². The molecule has 0 bridgehead atoms. The van der Waals surface area contributed by atoms with Gasteiger partial charge in [-0.15, -0.1) is 11.3 Å². The molecule has 2 aromatic carbocycles. The molecule has 0 saturated heterocycles. The van der Waals surface area contributed by atoms with Crippen LogP contribution in [0.15, 0.2) is 65.0 Å². The van der Waals surface area contributed by atoms with E-state index in [1.54, 1.807) is 24.4 Å². The van der Waals surface area contributed by atoms with E-state index < -0.39 is 17.8 Å². The smallest absolute Gasteiger partial charge is 0.263 e. The summed E-state index contributed by atoms with van der Waals surface area (Å²) in [7, 11) is 0. The first-order chi connectivity index (χ1) is 13.9. The Kier molecular flexibility index (Phi) is 4.94. The zero-order chi connectivity index (χ0) is 20.5. The van der Waals surface area contributed by atoms with Crippen LogP contribution in [0.5, 0.6) is 0 Å². The topological polar surface area (TPSA) is 64.0 Å². The fourth-order valence-corrected chi connectivity index (χ4v) is 3.88. The van der Waals surface area contributed by atoms with Gasteiger partial charge in [0.25, 0.3) is 5.56 Å². The van der Waals surface area contributed by atoms with E-state index in [0.29, 0.717) is 27.0 Å². The van der Waals surface area contributed by atoms with E-state index in [4.69, 9.17) is 0 Å². The van der Waals surface area contributed by atoms with Crippen LogP contribution in [0.3, 0.4) is 0 Å². The molecule has 2 aromatic heterocycles. The van der Waals surface area contributed by atoms with Gasteiger partial charge in [-0.05, 0) is 48.9 Å². The number of nitrogens with one attached hydrogen (secondary N) is 1. The molecule has 0 aliphatic carbocycles. The van der Waals surface area contributed by atoms with Gasteiger partial charge in [-0.1, -0.05) is 12.1 Å². The Morgan fingerprint density at radius 1 is 1.07 bits per heavy atom. The highest BCUT2D eigenvalue weighted by atomic mass is 32.1. The summed E-state index contributed by atoms with van der Waals surface area (Å²) in [6, 6.07) is 10.4. The summed E-state index contributed by atoms with van der Waals surface area (Å²) in [4.78, 5) is 30.5. The molecular formula is C21H15F2N3O2S. The number of aromatic nitrogens is 2. The molecule has 2 heterocycles. The van der Waals surface area contributed by atoms with E-state index in [1.807, 2.05) is 0 Å². The minimum atomic E-state index is -0.842. The van der Waals surface area contributed by atoms with Crippen molar-refractivity contribution in [2.75, 3.05) is 5.32 Å². The van der Waals surface area contributed by atoms with Crippen LogP contribution in [0.4, 0.5) is 14.5 Å². The Morgan fingerprint density at radius 3 is 2.34 bits per heavy atom. The van der Waals surface area contributed by atoms with Crippen LogP contribution in [0, 0.1) is 11.6 Å². The highest BCUT2D eigenvalue weighted by Crippen LogP contribution is 2.31. The third-order valence-electron chi connectivity index (χ3n) is 4.58. The van der Waals surface area contributed by atoms with Crippen LogP contribution in [0.1, 0.15) is 13.0 Å². The lowest BCUT2D eigenvalue weighted by Crippen LogP contribution is -2.31. The summed E-state index contributed by atoms with van der Waals surface area (Å²) >= 11 is 1.31. The van der Waals surface area contributed by atoms with Crippen molar-refractivity contribution in [3.63, 3.8) is 0 Å². The molecule has 8 heteroatoms. The van der Waals surface area contributed by atoms with Gasteiger partial charge in [-0.25, -0.2) is 13.8 Å². The van der Waals surface area contributed by atoms with Gasteiger partial charge in [0, 0.05) is 16.6 Å². The molecule has 1 atom stereocenters. The normalized spacial score (nSPS) is 12.1. The van der Waals surface area contributed by atoms with Gasteiger partial charge in [-0.2, -0.15) is 0 Å². The molecular weight excluding hydrogens is 396 g/mol. The molecule has 1 amide bonds. The van der Waals surface area contributed by atoms with E-state index in [1.165, 1.54) is 58.6 Å². The minimum absolute atomic E-state index is 0.364. The maximum Gasteiger partial charge on any atom is 0.263 e. The minimum Gasteiger partial charge on any atom is -0.324 e. The third-order valence-corrected chi connectivity index (χ3v) is 5.47. The first-order valence-corrected chi connectivity index (χ1v) is 9.62. The largest absolute Gasteiger partial charge is 0.324 e. The molecule has 0 aliphatic rings. The quantitative estimate of drug-likeness (QED) is 0.534. The Balaban J connectivity index is 1.70. The number of hydrogen-bond acceptors (Lipinski definition) is 4. The van der Waals surface area contributed by atoms with Crippen LogP contribution in [-0.4, -0.2) is 15.5 Å². The van der Waals surface area contributed by atoms with Gasteiger partial charge in [-0.3, -0.25) is 14.2 Å². The van der Waals surface area contributed by atoms with Crippen molar-refractivity contribution >= 4 is 33.1 Å². The van der Waals surface area contributed by atoms with Crippen molar-refractivity contribution in [2.24, 2.45) is 0 Å². The maximum atomic E-state index is 13.2. The van der Waals surface area contributed by atoms with Crippen LogP contribution in [0.25, 0.3) is 21.3 Å². The predicted molar refractivity (Wildman–Crippen MR) is 109 cm³/mol. The molecule has 1 unspecified atom stereocenters. The van der Waals surface area contributed by atoms with Gasteiger partial charge >= 0.3 is 0 Å². The number of rotatable bonds is 4. The summed E-state index contributed by atoms with van der Waals surface area (Å²) in [5.74, 6) is -1.21. The van der Waals surface area contributed by atoms with Gasteiger partial charge < -0.3 is 5.32 Å². The monoisotopic (exact) mass is 411 g/mol. The average Bonchev–Trinajstić information content (AvgIpc) is 3.15. The molecule has 0 fully saturated rings. The van der Waals surface area contributed by atoms with Crippen molar-refractivity contribution < 1.29 is 13.6 Å². The summed E-state index contributed by atoms with van der Waals surface area (Å²) in [5.41, 5.74) is 1.39. The fourth-order valence-electron chi connectivity index (χ4n) is 2.97. The average molecular weight is 411 g/mol. The lowest BCUT2D eigenvalue weighted by Gasteiger charge is -2.15. The zero-order valence-electron chi connectivity index (χ0n) is 15.2. The van der Waals surface area contributed by atoms with Crippen LogP contribution in [0.2, 0.25) is 0 Å². The van der Waals surface area contributed by atoms with E-state index in [0.717, 1.165) is 0 Å². The SMILES string of the molecule is CC(C(=O)Nc1ccc(F)cc1)n1cnc2scc(-c3ccc(F)cc3)c2c1=O. The molecule has 0 radical (unpaired) electrons. The summed E-state index contributed by atoms with van der Waals surface area (Å²) in [6.45, 7) is 1.58. The molecule has 29 heavy (non-hydrogen) atoms.